The first kappa shape index (κ1) is 14.7. The fraction of sp³-hybridized carbons (Fsp3) is 0.125. The largest absolute Gasteiger partial charge is 0.308 e. The first-order chi connectivity index (χ1) is 11.5. The molecule has 0 aliphatic carbocycles. The zero-order valence-corrected chi connectivity index (χ0v) is 13.4. The maximum Gasteiger partial charge on any atom is 0.274 e. The highest BCUT2D eigenvalue weighted by Crippen LogP contribution is 2.14. The Hall–Kier alpha value is -2.87. The molecule has 4 rings (SSSR count). The van der Waals surface area contributed by atoms with Gasteiger partial charge in [0.15, 0.2) is 0 Å². The molecular formula is C16H11FN4O2S. The van der Waals surface area contributed by atoms with Crippen LogP contribution < -0.4 is 11.1 Å². The smallest absolute Gasteiger partial charge is 0.274 e. The lowest BCUT2D eigenvalue weighted by atomic mass is 10.2. The van der Waals surface area contributed by atoms with E-state index in [0.29, 0.717) is 21.3 Å². The summed E-state index contributed by atoms with van der Waals surface area (Å²) in [4.78, 5) is 34.0. The van der Waals surface area contributed by atoms with Gasteiger partial charge in [-0.15, -0.1) is 11.3 Å². The van der Waals surface area contributed by atoms with E-state index in [0.717, 1.165) is 0 Å². The first-order valence-electron chi connectivity index (χ1n) is 7.12. The Bertz CT molecular complexity index is 1210. The molecule has 120 valence electrons. The molecule has 0 aliphatic heterocycles. The Morgan fingerprint density at radius 1 is 1.21 bits per heavy atom. The summed E-state index contributed by atoms with van der Waals surface area (Å²) in [6.07, 6.45) is 1.40. The molecule has 3 aromatic heterocycles. The zero-order chi connectivity index (χ0) is 16.8. The summed E-state index contributed by atoms with van der Waals surface area (Å²) >= 11 is 1.38. The van der Waals surface area contributed by atoms with Gasteiger partial charge in [0.25, 0.3) is 11.1 Å². The van der Waals surface area contributed by atoms with Gasteiger partial charge < -0.3 is 4.57 Å². The molecule has 0 radical (unpaired) electrons. The van der Waals surface area contributed by atoms with E-state index in [1.165, 1.54) is 45.0 Å². The predicted molar refractivity (Wildman–Crippen MR) is 89.9 cm³/mol. The number of nitrogens with zero attached hydrogens (tertiary/aromatic N) is 4. The summed E-state index contributed by atoms with van der Waals surface area (Å²) < 4.78 is 16.2. The summed E-state index contributed by atoms with van der Waals surface area (Å²) in [6.45, 7) is -0.0171. The van der Waals surface area contributed by atoms with Crippen LogP contribution in [0.25, 0.3) is 21.3 Å². The summed E-state index contributed by atoms with van der Waals surface area (Å²) in [5.41, 5.74) is 0.499. The van der Waals surface area contributed by atoms with E-state index < -0.39 is 5.82 Å². The van der Waals surface area contributed by atoms with Crippen LogP contribution in [0.2, 0.25) is 0 Å². The van der Waals surface area contributed by atoms with Crippen LogP contribution in [0.1, 0.15) is 5.69 Å². The fourth-order valence-corrected chi connectivity index (χ4v) is 3.36. The van der Waals surface area contributed by atoms with Crippen molar-refractivity contribution >= 4 is 32.6 Å². The molecule has 3 heterocycles. The van der Waals surface area contributed by atoms with Crippen LogP contribution >= 0.6 is 11.3 Å². The van der Waals surface area contributed by atoms with E-state index in [1.807, 2.05) is 0 Å². The highest BCUT2D eigenvalue weighted by Gasteiger charge is 2.12. The topological polar surface area (TPSA) is 69.8 Å². The van der Waals surface area contributed by atoms with Crippen molar-refractivity contribution in [1.82, 2.24) is 19.1 Å². The number of aromatic nitrogens is 4. The second-order valence-corrected chi connectivity index (χ2v) is 6.27. The molecule has 0 aliphatic rings. The molecule has 24 heavy (non-hydrogen) atoms. The third-order valence-electron chi connectivity index (χ3n) is 3.88. The summed E-state index contributed by atoms with van der Waals surface area (Å²) in [6, 6.07) is 5.75. The predicted octanol–water partition coefficient (Wildman–Crippen LogP) is 1.89. The molecule has 0 saturated carbocycles. The monoisotopic (exact) mass is 342 g/mol. The van der Waals surface area contributed by atoms with E-state index in [9.17, 15) is 14.0 Å². The van der Waals surface area contributed by atoms with Crippen LogP contribution in [0.5, 0.6) is 0 Å². The molecule has 4 aromatic rings. The third kappa shape index (κ3) is 2.23. The molecule has 0 amide bonds. The molecule has 0 saturated heterocycles. The minimum Gasteiger partial charge on any atom is -0.308 e. The van der Waals surface area contributed by atoms with E-state index >= 15 is 0 Å². The second-order valence-electron chi connectivity index (χ2n) is 5.37. The molecular weight excluding hydrogens is 331 g/mol. The van der Waals surface area contributed by atoms with Gasteiger partial charge in [-0.25, -0.2) is 14.4 Å². The molecule has 0 N–H and O–H groups in total. The highest BCUT2D eigenvalue weighted by molar-refractivity contribution is 7.16. The Morgan fingerprint density at radius 3 is 2.88 bits per heavy atom. The fourth-order valence-electron chi connectivity index (χ4n) is 2.64. The Labute approximate surface area is 138 Å². The van der Waals surface area contributed by atoms with Crippen LogP contribution in [0.15, 0.2) is 45.6 Å². The normalized spacial score (nSPS) is 11.4. The zero-order valence-electron chi connectivity index (χ0n) is 12.6. The quantitative estimate of drug-likeness (QED) is 0.558. The molecule has 8 heteroatoms. The van der Waals surface area contributed by atoms with E-state index in [-0.39, 0.29) is 23.4 Å². The number of thiophene rings is 1. The van der Waals surface area contributed by atoms with E-state index in [1.54, 1.807) is 18.5 Å². The number of fused-ring (bicyclic) bond motifs is 2. The van der Waals surface area contributed by atoms with Gasteiger partial charge >= 0.3 is 0 Å². The Kier molecular flexibility index (Phi) is 3.27. The van der Waals surface area contributed by atoms with Gasteiger partial charge in [-0.2, -0.15) is 0 Å². The van der Waals surface area contributed by atoms with Crippen LogP contribution in [-0.4, -0.2) is 19.1 Å². The number of halogens is 1. The van der Waals surface area contributed by atoms with Crippen molar-refractivity contribution in [3.63, 3.8) is 0 Å². The van der Waals surface area contributed by atoms with Gasteiger partial charge in [0.1, 0.15) is 16.3 Å². The van der Waals surface area contributed by atoms with Gasteiger partial charge in [-0.05, 0) is 23.6 Å². The minimum atomic E-state index is -0.432. The van der Waals surface area contributed by atoms with E-state index in [4.69, 9.17) is 0 Å². The number of rotatable bonds is 2. The lowest BCUT2D eigenvalue weighted by Crippen LogP contribution is -2.28. The Balaban J connectivity index is 1.89. The van der Waals surface area contributed by atoms with Crippen LogP contribution in [0.3, 0.4) is 0 Å². The number of hydrogen-bond donors (Lipinski definition) is 0. The number of aryl methyl sites for hydroxylation is 1. The number of benzene rings is 1. The van der Waals surface area contributed by atoms with Crippen molar-refractivity contribution in [2.24, 2.45) is 7.05 Å². The standard InChI is InChI=1S/C16H11FN4O2S/c1-20-13-3-2-9(17)6-11(13)19-12(16(20)23)7-21-8-18-14-10(15(21)22)4-5-24-14/h2-6,8H,7H2,1H3. The van der Waals surface area contributed by atoms with Crippen molar-refractivity contribution in [1.29, 1.82) is 0 Å². The summed E-state index contributed by atoms with van der Waals surface area (Å²) in [5.74, 6) is -0.432. The third-order valence-corrected chi connectivity index (χ3v) is 4.70. The molecule has 0 atom stereocenters. The Morgan fingerprint density at radius 2 is 2.04 bits per heavy atom. The van der Waals surface area contributed by atoms with Gasteiger partial charge in [-0.3, -0.25) is 14.2 Å². The molecule has 0 spiro atoms. The van der Waals surface area contributed by atoms with Crippen LogP contribution in [0.4, 0.5) is 4.39 Å². The summed E-state index contributed by atoms with van der Waals surface area (Å²) in [5, 5.41) is 2.30. The first-order valence-corrected chi connectivity index (χ1v) is 8.00. The van der Waals surface area contributed by atoms with Gasteiger partial charge in [-0.1, -0.05) is 0 Å². The highest BCUT2D eigenvalue weighted by atomic mass is 32.1. The molecule has 0 unspecified atom stereocenters. The van der Waals surface area contributed by atoms with Gasteiger partial charge in [0.2, 0.25) is 0 Å². The molecule has 0 fully saturated rings. The SMILES string of the molecule is Cn1c(=O)c(Cn2cnc3sccc3c2=O)nc2cc(F)ccc21. The average molecular weight is 342 g/mol. The van der Waals surface area contributed by atoms with Crippen molar-refractivity contribution in [3.8, 4) is 0 Å². The van der Waals surface area contributed by atoms with E-state index in [2.05, 4.69) is 9.97 Å². The van der Waals surface area contributed by atoms with Crippen molar-refractivity contribution in [2.75, 3.05) is 0 Å². The lowest BCUT2D eigenvalue weighted by molar-refractivity contribution is 0.628. The molecule has 1 aromatic carbocycles. The van der Waals surface area contributed by atoms with Crippen LogP contribution in [0, 0.1) is 5.82 Å². The lowest BCUT2D eigenvalue weighted by Gasteiger charge is -2.09. The second kappa shape index (κ2) is 5.34. The maximum atomic E-state index is 13.4. The van der Waals surface area contributed by atoms with Crippen molar-refractivity contribution in [3.05, 3.63) is 68.2 Å². The average Bonchev–Trinajstić information content (AvgIpc) is 3.04. The summed E-state index contributed by atoms with van der Waals surface area (Å²) in [7, 11) is 1.59. The maximum absolute atomic E-state index is 13.4. The molecule has 0 bridgehead atoms. The van der Waals surface area contributed by atoms with Gasteiger partial charge in [0, 0.05) is 13.1 Å². The number of hydrogen-bond acceptors (Lipinski definition) is 5. The van der Waals surface area contributed by atoms with Crippen molar-refractivity contribution in [2.45, 2.75) is 6.54 Å². The minimum absolute atomic E-state index is 0.0171. The van der Waals surface area contributed by atoms with Crippen LogP contribution in [-0.2, 0) is 13.6 Å². The molecule has 6 nitrogen and oxygen atoms in total. The van der Waals surface area contributed by atoms with Gasteiger partial charge in [0.05, 0.1) is 29.3 Å². The van der Waals surface area contributed by atoms with Crippen molar-refractivity contribution < 1.29 is 4.39 Å².